The van der Waals surface area contributed by atoms with Crippen LogP contribution in [0.25, 0.3) is 0 Å². The number of amides is 2. The average molecular weight is 351 g/mol. The number of hydrogen-bond acceptors (Lipinski definition) is 2. The number of nitrogens with one attached hydrogen (secondary N) is 1. The Hall–Kier alpha value is -2.47. The zero-order chi connectivity index (χ0) is 17.3. The van der Waals surface area contributed by atoms with Gasteiger partial charge in [0.25, 0.3) is 5.91 Å². The Labute approximate surface area is 142 Å². The number of nitrogens with zero attached hydrogens (tertiary/aromatic N) is 1. The van der Waals surface area contributed by atoms with E-state index in [1.54, 1.807) is 6.07 Å². The van der Waals surface area contributed by atoms with Gasteiger partial charge < -0.3 is 10.2 Å². The first-order valence-corrected chi connectivity index (χ1v) is 7.64. The molecule has 2 aromatic rings. The monoisotopic (exact) mass is 350 g/mol. The standard InChI is InChI=1S/C17H13ClF2N2O2/c18-13-5-2-6-14(20)16(13)17(24)21-11-8-15(23)22(9-11)12-4-1-3-10(19)7-12/h1-7,11H,8-9H2,(H,21,24)/t11-/m1/s1. The molecule has 1 aliphatic heterocycles. The van der Waals surface area contributed by atoms with Gasteiger partial charge in [0.15, 0.2) is 0 Å². The van der Waals surface area contributed by atoms with Crippen LogP contribution in [0.1, 0.15) is 16.8 Å². The zero-order valence-corrected chi connectivity index (χ0v) is 13.2. The van der Waals surface area contributed by atoms with Crippen molar-refractivity contribution < 1.29 is 18.4 Å². The van der Waals surface area contributed by atoms with Crippen molar-refractivity contribution in [1.82, 2.24) is 5.32 Å². The second-order valence-corrected chi connectivity index (χ2v) is 5.86. The van der Waals surface area contributed by atoms with E-state index < -0.39 is 23.6 Å². The zero-order valence-electron chi connectivity index (χ0n) is 12.4. The maximum absolute atomic E-state index is 13.8. The van der Waals surface area contributed by atoms with Crippen molar-refractivity contribution in [2.75, 3.05) is 11.4 Å². The van der Waals surface area contributed by atoms with Crippen molar-refractivity contribution >= 4 is 29.1 Å². The molecule has 0 bridgehead atoms. The highest BCUT2D eigenvalue weighted by atomic mass is 35.5. The van der Waals surface area contributed by atoms with E-state index in [9.17, 15) is 18.4 Å². The molecular weight excluding hydrogens is 338 g/mol. The first-order chi connectivity index (χ1) is 11.5. The Morgan fingerprint density at radius 3 is 2.67 bits per heavy atom. The molecular formula is C17H13ClF2N2O2. The van der Waals surface area contributed by atoms with Gasteiger partial charge in [-0.3, -0.25) is 9.59 Å². The van der Waals surface area contributed by atoms with Crippen LogP contribution in [0.4, 0.5) is 14.5 Å². The van der Waals surface area contributed by atoms with E-state index in [1.807, 2.05) is 0 Å². The highest BCUT2D eigenvalue weighted by Crippen LogP contribution is 2.23. The lowest BCUT2D eigenvalue weighted by Gasteiger charge is -2.17. The van der Waals surface area contributed by atoms with E-state index in [-0.39, 0.29) is 29.5 Å². The van der Waals surface area contributed by atoms with Crippen LogP contribution in [-0.4, -0.2) is 24.4 Å². The van der Waals surface area contributed by atoms with Crippen molar-refractivity contribution in [3.63, 3.8) is 0 Å². The van der Waals surface area contributed by atoms with E-state index in [2.05, 4.69) is 5.32 Å². The molecule has 1 atom stereocenters. The van der Waals surface area contributed by atoms with E-state index in [1.165, 1.54) is 35.2 Å². The second kappa shape index (κ2) is 6.57. The first kappa shape index (κ1) is 16.4. The van der Waals surface area contributed by atoms with Crippen molar-refractivity contribution in [1.29, 1.82) is 0 Å². The van der Waals surface area contributed by atoms with Gasteiger partial charge in [0.05, 0.1) is 16.6 Å². The summed E-state index contributed by atoms with van der Waals surface area (Å²) in [6.45, 7) is 0.181. The third-order valence-corrected chi connectivity index (χ3v) is 4.08. The quantitative estimate of drug-likeness (QED) is 0.924. The maximum atomic E-state index is 13.8. The molecule has 24 heavy (non-hydrogen) atoms. The van der Waals surface area contributed by atoms with E-state index in [0.29, 0.717) is 5.69 Å². The van der Waals surface area contributed by atoms with E-state index in [4.69, 9.17) is 11.6 Å². The molecule has 0 unspecified atom stereocenters. The molecule has 0 spiro atoms. The molecule has 1 saturated heterocycles. The molecule has 1 fully saturated rings. The van der Waals surface area contributed by atoms with Crippen LogP contribution in [0.2, 0.25) is 5.02 Å². The summed E-state index contributed by atoms with van der Waals surface area (Å²) in [5, 5.41) is 2.60. The minimum atomic E-state index is -0.730. The second-order valence-electron chi connectivity index (χ2n) is 5.46. The number of carbonyl (C=O) groups excluding carboxylic acids is 2. The molecule has 7 heteroatoms. The van der Waals surface area contributed by atoms with Crippen LogP contribution in [0.3, 0.4) is 0 Å². The summed E-state index contributed by atoms with van der Waals surface area (Å²) in [4.78, 5) is 25.7. The van der Waals surface area contributed by atoms with Gasteiger partial charge in [0, 0.05) is 18.7 Å². The van der Waals surface area contributed by atoms with Crippen LogP contribution < -0.4 is 10.2 Å². The summed E-state index contributed by atoms with van der Waals surface area (Å²) in [5.74, 6) is -2.11. The van der Waals surface area contributed by atoms with Crippen molar-refractivity contribution in [3.8, 4) is 0 Å². The molecule has 2 amide bonds. The molecule has 1 aliphatic rings. The van der Waals surface area contributed by atoms with Crippen molar-refractivity contribution in [2.24, 2.45) is 0 Å². The van der Waals surface area contributed by atoms with Crippen LogP contribution in [0.15, 0.2) is 42.5 Å². The van der Waals surface area contributed by atoms with E-state index >= 15 is 0 Å². The van der Waals surface area contributed by atoms with Crippen LogP contribution >= 0.6 is 11.6 Å². The topological polar surface area (TPSA) is 49.4 Å². The predicted octanol–water partition coefficient (Wildman–Crippen LogP) is 3.15. The van der Waals surface area contributed by atoms with Crippen LogP contribution in [0.5, 0.6) is 0 Å². The minimum absolute atomic E-state index is 0.00110. The normalized spacial score (nSPS) is 17.2. The highest BCUT2D eigenvalue weighted by Gasteiger charge is 2.32. The Bertz CT molecular complexity index is 793. The number of rotatable bonds is 3. The number of benzene rings is 2. The van der Waals surface area contributed by atoms with Gasteiger partial charge >= 0.3 is 0 Å². The smallest absolute Gasteiger partial charge is 0.256 e. The van der Waals surface area contributed by atoms with E-state index in [0.717, 1.165) is 6.07 Å². The van der Waals surface area contributed by atoms with Crippen LogP contribution in [-0.2, 0) is 4.79 Å². The van der Waals surface area contributed by atoms with Gasteiger partial charge in [-0.15, -0.1) is 0 Å². The molecule has 2 aromatic carbocycles. The summed E-state index contributed by atoms with van der Waals surface area (Å²) < 4.78 is 27.1. The Morgan fingerprint density at radius 1 is 1.21 bits per heavy atom. The third-order valence-electron chi connectivity index (χ3n) is 3.77. The fourth-order valence-electron chi connectivity index (χ4n) is 2.67. The molecule has 0 radical (unpaired) electrons. The van der Waals surface area contributed by atoms with Crippen molar-refractivity contribution in [2.45, 2.75) is 12.5 Å². The van der Waals surface area contributed by atoms with Gasteiger partial charge in [-0.05, 0) is 30.3 Å². The fraction of sp³-hybridized carbons (Fsp3) is 0.176. The van der Waals surface area contributed by atoms with Gasteiger partial charge in [0.1, 0.15) is 11.6 Å². The summed E-state index contributed by atoms with van der Waals surface area (Å²) >= 11 is 5.86. The predicted molar refractivity (Wildman–Crippen MR) is 86.0 cm³/mol. The molecule has 3 rings (SSSR count). The van der Waals surface area contributed by atoms with Gasteiger partial charge in [-0.25, -0.2) is 8.78 Å². The molecule has 1 N–H and O–H groups in total. The maximum Gasteiger partial charge on any atom is 0.256 e. The number of carbonyl (C=O) groups is 2. The van der Waals surface area contributed by atoms with Gasteiger partial charge in [-0.1, -0.05) is 23.7 Å². The Morgan fingerprint density at radius 2 is 1.96 bits per heavy atom. The molecule has 0 aromatic heterocycles. The highest BCUT2D eigenvalue weighted by molar-refractivity contribution is 6.33. The third kappa shape index (κ3) is 3.23. The fourth-order valence-corrected chi connectivity index (χ4v) is 2.92. The summed E-state index contributed by atoms with van der Waals surface area (Å²) in [6.07, 6.45) is 0.0499. The molecule has 124 valence electrons. The number of halogens is 3. The molecule has 1 heterocycles. The average Bonchev–Trinajstić information content (AvgIpc) is 2.87. The van der Waals surface area contributed by atoms with Crippen LogP contribution in [0, 0.1) is 11.6 Å². The lowest BCUT2D eigenvalue weighted by molar-refractivity contribution is -0.117. The Kier molecular flexibility index (Phi) is 4.49. The van der Waals surface area contributed by atoms with Gasteiger partial charge in [0.2, 0.25) is 5.91 Å². The largest absolute Gasteiger partial charge is 0.347 e. The number of anilines is 1. The molecule has 0 aliphatic carbocycles. The van der Waals surface area contributed by atoms with Crippen molar-refractivity contribution in [3.05, 3.63) is 64.7 Å². The lowest BCUT2D eigenvalue weighted by atomic mass is 10.1. The SMILES string of the molecule is O=C(N[C@@H]1CC(=O)N(c2cccc(F)c2)C1)c1c(F)cccc1Cl. The summed E-state index contributed by atoms with van der Waals surface area (Å²) in [5.41, 5.74) is 0.163. The summed E-state index contributed by atoms with van der Waals surface area (Å²) in [6, 6.07) is 9.09. The Balaban J connectivity index is 1.74. The molecule has 0 saturated carbocycles. The first-order valence-electron chi connectivity index (χ1n) is 7.26. The lowest BCUT2D eigenvalue weighted by Crippen LogP contribution is -2.37. The number of hydrogen-bond donors (Lipinski definition) is 1. The molecule has 4 nitrogen and oxygen atoms in total. The minimum Gasteiger partial charge on any atom is -0.347 e. The summed E-state index contributed by atoms with van der Waals surface area (Å²) in [7, 11) is 0. The van der Waals surface area contributed by atoms with Gasteiger partial charge in [-0.2, -0.15) is 0 Å².